The molecule has 1 amide bonds. The summed E-state index contributed by atoms with van der Waals surface area (Å²) in [5.41, 5.74) is 3.03. The van der Waals surface area contributed by atoms with Crippen molar-refractivity contribution in [1.82, 2.24) is 20.6 Å². The lowest BCUT2D eigenvalue weighted by Crippen LogP contribution is -2.42. The van der Waals surface area contributed by atoms with E-state index in [0.29, 0.717) is 23.8 Å². The summed E-state index contributed by atoms with van der Waals surface area (Å²) in [5, 5.41) is 16.9. The molecular formula is C26H26ClN5OS. The van der Waals surface area contributed by atoms with Crippen LogP contribution in [0.1, 0.15) is 43.0 Å². The Morgan fingerprint density at radius 1 is 1.06 bits per heavy atom. The zero-order valence-electron chi connectivity index (χ0n) is 19.3. The number of hydrogen-bond donors (Lipinski definition) is 1. The number of nitrogens with one attached hydrogen (secondary N) is 1. The van der Waals surface area contributed by atoms with Crippen LogP contribution in [0.25, 0.3) is 10.8 Å². The Balaban J connectivity index is 1.71. The average Bonchev–Trinajstić information content (AvgIpc) is 3.29. The molecule has 1 aliphatic heterocycles. The number of aromatic amines is 1. The number of aromatic nitrogens is 4. The maximum absolute atomic E-state index is 14.0. The first kappa shape index (κ1) is 22.9. The summed E-state index contributed by atoms with van der Waals surface area (Å²) >= 11 is 8.17. The molecule has 0 bridgehead atoms. The van der Waals surface area contributed by atoms with Gasteiger partial charge in [-0.2, -0.15) is 0 Å². The highest BCUT2D eigenvalue weighted by molar-refractivity contribution is 8.01. The predicted octanol–water partition coefficient (Wildman–Crippen LogP) is 5.83. The van der Waals surface area contributed by atoms with Gasteiger partial charge in [0.1, 0.15) is 5.82 Å². The fourth-order valence-electron chi connectivity index (χ4n) is 4.50. The number of benzene rings is 3. The molecule has 174 valence electrons. The molecule has 2 atom stereocenters. The van der Waals surface area contributed by atoms with Gasteiger partial charge in [0.2, 0.25) is 5.91 Å². The van der Waals surface area contributed by atoms with Crippen LogP contribution < -0.4 is 4.90 Å². The van der Waals surface area contributed by atoms with Gasteiger partial charge < -0.3 is 4.90 Å². The van der Waals surface area contributed by atoms with Gasteiger partial charge in [-0.05, 0) is 55.9 Å². The van der Waals surface area contributed by atoms with Crippen molar-refractivity contribution in [1.29, 1.82) is 0 Å². The number of carbonyl (C=O) groups excluding carboxylic acids is 1. The van der Waals surface area contributed by atoms with E-state index in [1.165, 1.54) is 10.8 Å². The molecule has 3 aromatic carbocycles. The van der Waals surface area contributed by atoms with E-state index in [-0.39, 0.29) is 21.8 Å². The van der Waals surface area contributed by atoms with Crippen molar-refractivity contribution in [3.8, 4) is 0 Å². The predicted molar refractivity (Wildman–Crippen MR) is 138 cm³/mol. The van der Waals surface area contributed by atoms with Crippen molar-refractivity contribution in [3.63, 3.8) is 0 Å². The summed E-state index contributed by atoms with van der Waals surface area (Å²) < 4.78 is 0. The maximum atomic E-state index is 14.0. The van der Waals surface area contributed by atoms with E-state index >= 15 is 0 Å². The molecule has 5 rings (SSSR count). The summed E-state index contributed by atoms with van der Waals surface area (Å²) in [6.07, 6.45) is 0.417. The Kier molecular flexibility index (Phi) is 6.08. The van der Waals surface area contributed by atoms with E-state index in [4.69, 9.17) is 11.6 Å². The van der Waals surface area contributed by atoms with Gasteiger partial charge in [0, 0.05) is 23.7 Å². The Morgan fingerprint density at radius 2 is 1.85 bits per heavy atom. The Labute approximate surface area is 208 Å². The molecule has 2 heterocycles. The fraction of sp³-hybridized carbons (Fsp3) is 0.308. The molecule has 6 nitrogen and oxygen atoms in total. The number of halogens is 1. The average molecular weight is 492 g/mol. The van der Waals surface area contributed by atoms with Crippen LogP contribution in [0.3, 0.4) is 0 Å². The summed E-state index contributed by atoms with van der Waals surface area (Å²) in [7, 11) is 0. The van der Waals surface area contributed by atoms with Crippen molar-refractivity contribution in [3.05, 3.63) is 82.6 Å². The number of H-pyrrole nitrogens is 1. The molecule has 1 aromatic heterocycles. The smallest absolute Gasteiger partial charge is 0.240 e. The SMILES string of the molecule is CC(C)(C)CN1C(=O)[C@@H](Cc2nnn[nH]2)S[C@H](c2cccc3ccccc23)c2cc(Cl)ccc21. The quantitative estimate of drug-likeness (QED) is 0.388. The molecule has 0 spiro atoms. The molecule has 1 N–H and O–H groups in total. The minimum Gasteiger partial charge on any atom is -0.311 e. The Morgan fingerprint density at radius 3 is 2.62 bits per heavy atom. The number of amides is 1. The minimum absolute atomic E-state index is 0.0580. The number of hydrogen-bond acceptors (Lipinski definition) is 5. The van der Waals surface area contributed by atoms with Crippen molar-refractivity contribution >= 4 is 45.7 Å². The van der Waals surface area contributed by atoms with Crippen LogP contribution in [0.15, 0.2) is 60.7 Å². The number of rotatable bonds is 4. The number of carbonyl (C=O) groups is 1. The van der Waals surface area contributed by atoms with Gasteiger partial charge in [-0.1, -0.05) is 74.8 Å². The summed E-state index contributed by atoms with van der Waals surface area (Å²) in [5.74, 6) is 0.657. The van der Waals surface area contributed by atoms with Gasteiger partial charge in [0.15, 0.2) is 0 Å². The largest absolute Gasteiger partial charge is 0.311 e. The molecule has 0 saturated heterocycles. The van der Waals surface area contributed by atoms with Crippen LogP contribution >= 0.6 is 23.4 Å². The number of fused-ring (bicyclic) bond motifs is 2. The number of thioether (sulfide) groups is 1. The molecule has 0 unspecified atom stereocenters. The summed E-state index contributed by atoms with van der Waals surface area (Å²) in [4.78, 5) is 16.0. The molecule has 1 aliphatic rings. The highest BCUT2D eigenvalue weighted by atomic mass is 35.5. The Hall–Kier alpha value is -2.90. The zero-order valence-corrected chi connectivity index (χ0v) is 20.9. The third kappa shape index (κ3) is 4.55. The topological polar surface area (TPSA) is 74.8 Å². The molecule has 0 saturated carbocycles. The molecule has 0 aliphatic carbocycles. The van der Waals surface area contributed by atoms with Crippen molar-refractivity contribution in [2.24, 2.45) is 5.41 Å². The first-order valence-electron chi connectivity index (χ1n) is 11.3. The van der Waals surface area contributed by atoms with Crippen LogP contribution in [0.4, 0.5) is 5.69 Å². The molecule has 8 heteroatoms. The second-order valence-electron chi connectivity index (χ2n) is 9.81. The first-order chi connectivity index (χ1) is 16.3. The Bertz CT molecular complexity index is 1330. The highest BCUT2D eigenvalue weighted by Crippen LogP contribution is 2.49. The van der Waals surface area contributed by atoms with Crippen LogP contribution in [0.5, 0.6) is 0 Å². The van der Waals surface area contributed by atoms with E-state index < -0.39 is 0 Å². The maximum Gasteiger partial charge on any atom is 0.240 e. The molecule has 0 radical (unpaired) electrons. The normalized spacial score (nSPS) is 18.7. The van der Waals surface area contributed by atoms with E-state index in [1.54, 1.807) is 11.8 Å². The highest BCUT2D eigenvalue weighted by Gasteiger charge is 2.38. The van der Waals surface area contributed by atoms with Gasteiger partial charge in [-0.3, -0.25) is 4.79 Å². The van der Waals surface area contributed by atoms with E-state index in [2.05, 4.69) is 77.8 Å². The summed E-state index contributed by atoms with van der Waals surface area (Å²) in [6.45, 7) is 7.02. The molecule has 4 aromatic rings. The van der Waals surface area contributed by atoms with Crippen LogP contribution in [-0.2, 0) is 11.2 Å². The number of tetrazole rings is 1. The molecule has 0 fully saturated rings. The van der Waals surface area contributed by atoms with E-state index in [0.717, 1.165) is 16.8 Å². The third-order valence-electron chi connectivity index (χ3n) is 5.91. The lowest BCUT2D eigenvalue weighted by Gasteiger charge is -2.31. The second kappa shape index (κ2) is 9.04. The van der Waals surface area contributed by atoms with Crippen LogP contribution in [-0.4, -0.2) is 38.3 Å². The first-order valence-corrected chi connectivity index (χ1v) is 12.6. The van der Waals surface area contributed by atoms with E-state index in [9.17, 15) is 4.79 Å². The summed E-state index contributed by atoms with van der Waals surface area (Å²) in [6, 6.07) is 20.6. The van der Waals surface area contributed by atoms with Crippen LogP contribution in [0.2, 0.25) is 5.02 Å². The minimum atomic E-state index is -0.368. The van der Waals surface area contributed by atoms with Crippen LogP contribution in [0, 0.1) is 5.41 Å². The van der Waals surface area contributed by atoms with Crippen molar-refractivity contribution in [2.45, 2.75) is 37.7 Å². The van der Waals surface area contributed by atoms with Gasteiger partial charge in [0.25, 0.3) is 0 Å². The molecule has 34 heavy (non-hydrogen) atoms. The van der Waals surface area contributed by atoms with Gasteiger partial charge in [-0.15, -0.1) is 16.9 Å². The molecular weight excluding hydrogens is 466 g/mol. The fourth-order valence-corrected chi connectivity index (χ4v) is 6.20. The van der Waals surface area contributed by atoms with Gasteiger partial charge in [0.05, 0.1) is 10.5 Å². The number of anilines is 1. The van der Waals surface area contributed by atoms with Gasteiger partial charge in [-0.25, -0.2) is 5.10 Å². The lowest BCUT2D eigenvalue weighted by molar-refractivity contribution is -0.118. The third-order valence-corrected chi connectivity index (χ3v) is 7.62. The standard InChI is InChI=1S/C26H26ClN5OS/c1-26(2,3)15-32-21-12-11-17(27)13-20(21)24(19-10-6-8-16-7-4-5-9-18(16)19)34-22(25(32)33)14-23-28-30-31-29-23/h4-13,22,24H,14-15H2,1-3H3,(H,28,29,30,31)/t22-,24-/m1/s1. The van der Waals surface area contributed by atoms with Crippen molar-refractivity contribution in [2.75, 3.05) is 11.4 Å². The lowest BCUT2D eigenvalue weighted by atomic mass is 9.93. The monoisotopic (exact) mass is 491 g/mol. The number of nitrogens with zero attached hydrogens (tertiary/aromatic N) is 4. The van der Waals surface area contributed by atoms with Gasteiger partial charge >= 0.3 is 0 Å². The second-order valence-corrected chi connectivity index (χ2v) is 11.6. The zero-order chi connectivity index (χ0) is 23.9. The van der Waals surface area contributed by atoms with Crippen molar-refractivity contribution < 1.29 is 4.79 Å². The van der Waals surface area contributed by atoms with E-state index in [1.807, 2.05) is 29.2 Å².